The van der Waals surface area contributed by atoms with Crippen LogP contribution in [-0.4, -0.2) is 24.3 Å². The average molecular weight is 280 g/mol. The lowest BCUT2D eigenvalue weighted by atomic mass is 10.1. The highest BCUT2D eigenvalue weighted by molar-refractivity contribution is 7.92. The molecule has 1 N–H and O–H groups in total. The minimum Gasteiger partial charge on any atom is -0.306 e. The number of carbonyl (C=O) groups is 1. The van der Waals surface area contributed by atoms with Crippen LogP contribution in [0, 0.1) is 0 Å². The molecule has 0 spiro atoms. The van der Waals surface area contributed by atoms with Gasteiger partial charge >= 0.3 is 6.03 Å². The molecule has 1 aliphatic rings. The van der Waals surface area contributed by atoms with Gasteiger partial charge in [-0.15, -0.1) is 0 Å². The zero-order valence-electron chi connectivity index (χ0n) is 11.0. The zero-order chi connectivity index (χ0) is 14.3. The fourth-order valence-corrected chi connectivity index (χ4v) is 3.60. The molecule has 0 atom stereocenters. The van der Waals surface area contributed by atoms with E-state index in [9.17, 15) is 13.2 Å². The number of sulfonamides is 1. The Kier molecular flexibility index (Phi) is 3.14. The summed E-state index contributed by atoms with van der Waals surface area (Å²) in [6, 6.07) is 8.25. The maximum absolute atomic E-state index is 12.2. The van der Waals surface area contributed by atoms with Crippen molar-refractivity contribution in [3.8, 4) is 0 Å². The molecule has 5 nitrogen and oxygen atoms in total. The normalized spacial score (nSPS) is 18.8. The van der Waals surface area contributed by atoms with Gasteiger partial charge in [-0.25, -0.2) is 17.5 Å². The molecule has 0 saturated carbocycles. The predicted octanol–water partition coefficient (Wildman–Crippen LogP) is 2.14. The Labute approximate surface area is 113 Å². The lowest BCUT2D eigenvalue weighted by Crippen LogP contribution is -2.54. The summed E-state index contributed by atoms with van der Waals surface area (Å²) < 4.78 is 25.3. The number of nitrogens with one attached hydrogen (secondary N) is 1. The van der Waals surface area contributed by atoms with Crippen molar-refractivity contribution in [3.05, 3.63) is 41.3 Å². The van der Waals surface area contributed by atoms with Gasteiger partial charge in [0.1, 0.15) is 0 Å². The molecule has 0 bridgehead atoms. The maximum atomic E-state index is 12.2. The summed E-state index contributed by atoms with van der Waals surface area (Å²) in [5.74, 6) is 0. The van der Waals surface area contributed by atoms with Crippen molar-refractivity contribution in [3.63, 3.8) is 0 Å². The lowest BCUT2D eigenvalue weighted by Gasteiger charge is -2.36. The Balaban J connectivity index is 2.50. The minimum absolute atomic E-state index is 0.297. The molecule has 6 heteroatoms. The summed E-state index contributed by atoms with van der Waals surface area (Å²) in [6.45, 7) is 5.02. The van der Waals surface area contributed by atoms with Crippen LogP contribution in [0.3, 0.4) is 0 Å². The van der Waals surface area contributed by atoms with Crippen molar-refractivity contribution < 1.29 is 13.2 Å². The molecule has 102 valence electrons. The zero-order valence-corrected chi connectivity index (χ0v) is 11.9. The Morgan fingerprint density at radius 1 is 1.11 bits per heavy atom. The third-order valence-corrected chi connectivity index (χ3v) is 4.40. The fraction of sp³-hybridized carbons (Fsp3) is 0.308. The van der Waals surface area contributed by atoms with Gasteiger partial charge in [-0.2, -0.15) is 0 Å². The van der Waals surface area contributed by atoms with Crippen LogP contribution in [0.15, 0.2) is 35.7 Å². The molecule has 19 heavy (non-hydrogen) atoms. The van der Waals surface area contributed by atoms with E-state index in [0.29, 0.717) is 11.3 Å². The van der Waals surface area contributed by atoms with Gasteiger partial charge in [-0.05, 0) is 26.3 Å². The van der Waals surface area contributed by atoms with Gasteiger partial charge in [0, 0.05) is 0 Å². The van der Waals surface area contributed by atoms with Gasteiger partial charge in [0.15, 0.2) is 0 Å². The first-order valence-corrected chi connectivity index (χ1v) is 7.36. The first kappa shape index (κ1) is 13.6. The Bertz CT molecular complexity index is 628. The monoisotopic (exact) mass is 280 g/mol. The molecule has 2 amide bonds. The number of carbonyl (C=O) groups excluding carboxylic acids is 1. The van der Waals surface area contributed by atoms with Crippen molar-refractivity contribution in [1.82, 2.24) is 9.62 Å². The van der Waals surface area contributed by atoms with Crippen molar-refractivity contribution in [2.45, 2.75) is 26.3 Å². The quantitative estimate of drug-likeness (QED) is 0.857. The fourth-order valence-electron chi connectivity index (χ4n) is 1.96. The van der Waals surface area contributed by atoms with E-state index in [1.165, 1.54) is 0 Å². The molecule has 1 aromatic rings. The molecular formula is C13H16N2O3S. The number of nitrogens with zero attached hydrogens (tertiary/aromatic N) is 1. The van der Waals surface area contributed by atoms with Crippen molar-refractivity contribution in [2.24, 2.45) is 0 Å². The molecule has 2 rings (SSSR count). The van der Waals surface area contributed by atoms with Crippen LogP contribution in [0.1, 0.15) is 26.3 Å². The van der Waals surface area contributed by atoms with E-state index in [0.717, 1.165) is 9.71 Å². The maximum Gasteiger partial charge on any atom is 0.336 e. The van der Waals surface area contributed by atoms with E-state index < -0.39 is 21.6 Å². The SMILES string of the molecule is CC(C)(C)N1C(=O)NC(c2ccccc2)=CS1(=O)=O. The molecule has 0 unspecified atom stereocenters. The summed E-state index contributed by atoms with van der Waals surface area (Å²) >= 11 is 0. The highest BCUT2D eigenvalue weighted by Gasteiger charge is 2.39. The highest BCUT2D eigenvalue weighted by atomic mass is 32.2. The molecule has 0 aliphatic carbocycles. The van der Waals surface area contributed by atoms with Crippen molar-refractivity contribution in [1.29, 1.82) is 0 Å². The average Bonchev–Trinajstić information content (AvgIpc) is 2.25. The molecule has 0 saturated heterocycles. The van der Waals surface area contributed by atoms with Gasteiger partial charge in [0.25, 0.3) is 10.0 Å². The van der Waals surface area contributed by atoms with Crippen LogP contribution in [0.2, 0.25) is 0 Å². The van der Waals surface area contributed by atoms with E-state index in [2.05, 4.69) is 5.32 Å². The second kappa shape index (κ2) is 4.38. The summed E-state index contributed by atoms with van der Waals surface area (Å²) in [5, 5.41) is 3.71. The molecule has 0 aromatic heterocycles. The van der Waals surface area contributed by atoms with E-state index >= 15 is 0 Å². The van der Waals surface area contributed by atoms with E-state index in [1.807, 2.05) is 6.07 Å². The van der Waals surface area contributed by atoms with Crippen molar-refractivity contribution in [2.75, 3.05) is 0 Å². The molecule has 1 aromatic carbocycles. The number of hydrogen-bond acceptors (Lipinski definition) is 3. The van der Waals surface area contributed by atoms with E-state index in [4.69, 9.17) is 0 Å². The van der Waals surface area contributed by atoms with Crippen LogP contribution < -0.4 is 5.32 Å². The second-order valence-electron chi connectivity index (χ2n) is 5.31. The lowest BCUT2D eigenvalue weighted by molar-refractivity contribution is 0.200. The number of hydrogen-bond donors (Lipinski definition) is 1. The van der Waals surface area contributed by atoms with E-state index in [-0.39, 0.29) is 0 Å². The standard InChI is InChI=1S/C13H16N2O3S/c1-13(2,3)15-12(16)14-11(9-19(15,17)18)10-7-5-4-6-8-10/h4-9H,1-3H3,(H,14,16). The first-order chi connectivity index (χ1) is 8.72. The summed E-state index contributed by atoms with van der Waals surface area (Å²) in [6.07, 6.45) is 0. The molecule has 1 heterocycles. The van der Waals surface area contributed by atoms with Crippen LogP contribution in [0.4, 0.5) is 4.79 Å². The summed E-state index contributed by atoms with van der Waals surface area (Å²) in [4.78, 5) is 12.0. The summed E-state index contributed by atoms with van der Waals surface area (Å²) in [5.41, 5.74) is 0.154. The largest absolute Gasteiger partial charge is 0.336 e. The number of rotatable bonds is 1. The molecular weight excluding hydrogens is 264 g/mol. The highest BCUT2D eigenvalue weighted by Crippen LogP contribution is 2.26. The summed E-state index contributed by atoms with van der Waals surface area (Å²) in [7, 11) is -3.77. The third-order valence-electron chi connectivity index (χ3n) is 2.64. The number of urea groups is 1. The van der Waals surface area contributed by atoms with Gasteiger partial charge < -0.3 is 5.32 Å². The number of amides is 2. The van der Waals surface area contributed by atoms with Gasteiger partial charge in [-0.1, -0.05) is 30.3 Å². The Hall–Kier alpha value is -1.82. The van der Waals surface area contributed by atoms with Crippen LogP contribution in [-0.2, 0) is 10.0 Å². The van der Waals surface area contributed by atoms with E-state index in [1.54, 1.807) is 45.0 Å². The molecule has 0 radical (unpaired) electrons. The van der Waals surface area contributed by atoms with Gasteiger partial charge in [0.05, 0.1) is 16.6 Å². The predicted molar refractivity (Wildman–Crippen MR) is 73.5 cm³/mol. The Morgan fingerprint density at radius 2 is 1.68 bits per heavy atom. The third kappa shape index (κ3) is 2.63. The second-order valence-corrected chi connectivity index (χ2v) is 6.94. The smallest absolute Gasteiger partial charge is 0.306 e. The number of benzene rings is 1. The minimum atomic E-state index is -3.77. The van der Waals surface area contributed by atoms with Gasteiger partial charge in [0.2, 0.25) is 0 Å². The Morgan fingerprint density at radius 3 is 2.16 bits per heavy atom. The van der Waals surface area contributed by atoms with Crippen LogP contribution in [0.25, 0.3) is 5.70 Å². The van der Waals surface area contributed by atoms with Gasteiger partial charge in [-0.3, -0.25) is 0 Å². The van der Waals surface area contributed by atoms with Crippen molar-refractivity contribution >= 4 is 21.8 Å². The van der Waals surface area contributed by atoms with Crippen LogP contribution in [0.5, 0.6) is 0 Å². The van der Waals surface area contributed by atoms with Crippen LogP contribution >= 0.6 is 0 Å². The topological polar surface area (TPSA) is 66.5 Å². The first-order valence-electron chi connectivity index (χ1n) is 5.85. The molecule has 1 aliphatic heterocycles. The molecule has 0 fully saturated rings.